The number of ether oxygens (including phenoxy) is 2. The third-order valence-electron chi connectivity index (χ3n) is 5.92. The standard InChI is InChI=1S/C16H28O3/c1-11(19-12(2)17)7-9-18-14-10-13-6-8-16(14,5)15(13,3)4/h11,13-14H,6-10H2,1-5H3. The average Bonchev–Trinajstić information content (AvgIpc) is 2.60. The fourth-order valence-electron chi connectivity index (χ4n) is 4.10. The molecule has 3 nitrogen and oxygen atoms in total. The van der Waals surface area contributed by atoms with Crippen molar-refractivity contribution in [3.05, 3.63) is 0 Å². The average molecular weight is 268 g/mol. The van der Waals surface area contributed by atoms with Crippen LogP contribution in [0.5, 0.6) is 0 Å². The molecule has 2 aliphatic carbocycles. The van der Waals surface area contributed by atoms with E-state index in [2.05, 4.69) is 20.8 Å². The van der Waals surface area contributed by atoms with Crippen molar-refractivity contribution in [2.45, 2.75) is 72.5 Å². The summed E-state index contributed by atoms with van der Waals surface area (Å²) in [5.74, 6) is 0.605. The summed E-state index contributed by atoms with van der Waals surface area (Å²) < 4.78 is 11.3. The topological polar surface area (TPSA) is 35.5 Å². The molecule has 2 saturated carbocycles. The van der Waals surface area contributed by atoms with Crippen LogP contribution in [-0.2, 0) is 14.3 Å². The van der Waals surface area contributed by atoms with E-state index in [1.807, 2.05) is 6.92 Å². The number of carbonyl (C=O) groups excluding carboxylic acids is 1. The van der Waals surface area contributed by atoms with Crippen LogP contribution in [0, 0.1) is 16.7 Å². The van der Waals surface area contributed by atoms with E-state index in [1.165, 1.54) is 26.2 Å². The second kappa shape index (κ2) is 5.08. The molecule has 0 aromatic heterocycles. The van der Waals surface area contributed by atoms with Crippen LogP contribution < -0.4 is 0 Å². The largest absolute Gasteiger partial charge is 0.463 e. The van der Waals surface area contributed by atoms with Gasteiger partial charge >= 0.3 is 5.97 Å². The van der Waals surface area contributed by atoms with E-state index in [0.29, 0.717) is 23.5 Å². The molecule has 0 heterocycles. The molecule has 2 fully saturated rings. The normalized spacial score (nSPS) is 37.3. The lowest BCUT2D eigenvalue weighted by molar-refractivity contribution is -0.146. The highest BCUT2D eigenvalue weighted by Gasteiger charge is 2.61. The molecule has 2 rings (SSSR count). The molecule has 4 atom stereocenters. The van der Waals surface area contributed by atoms with Gasteiger partial charge in [0.25, 0.3) is 0 Å². The molecule has 2 bridgehead atoms. The van der Waals surface area contributed by atoms with Crippen molar-refractivity contribution in [2.24, 2.45) is 16.7 Å². The van der Waals surface area contributed by atoms with E-state index in [9.17, 15) is 4.79 Å². The van der Waals surface area contributed by atoms with Crippen LogP contribution in [0.3, 0.4) is 0 Å². The maximum Gasteiger partial charge on any atom is 0.302 e. The Bertz CT molecular complexity index is 350. The van der Waals surface area contributed by atoms with Gasteiger partial charge in [-0.15, -0.1) is 0 Å². The second-order valence-electron chi connectivity index (χ2n) is 7.18. The number of rotatable bonds is 5. The molecule has 110 valence electrons. The maximum atomic E-state index is 10.9. The summed E-state index contributed by atoms with van der Waals surface area (Å²) in [6.07, 6.45) is 4.97. The summed E-state index contributed by atoms with van der Waals surface area (Å²) in [6.45, 7) is 11.3. The summed E-state index contributed by atoms with van der Waals surface area (Å²) in [7, 11) is 0. The first kappa shape index (κ1) is 14.8. The van der Waals surface area contributed by atoms with Crippen LogP contribution in [0.4, 0.5) is 0 Å². The molecule has 3 heteroatoms. The van der Waals surface area contributed by atoms with Gasteiger partial charge in [-0.2, -0.15) is 0 Å². The van der Waals surface area contributed by atoms with E-state index in [0.717, 1.165) is 12.3 Å². The van der Waals surface area contributed by atoms with Crippen LogP contribution in [-0.4, -0.2) is 24.8 Å². The van der Waals surface area contributed by atoms with Crippen molar-refractivity contribution < 1.29 is 14.3 Å². The number of carbonyl (C=O) groups is 1. The van der Waals surface area contributed by atoms with Gasteiger partial charge in [-0.1, -0.05) is 20.8 Å². The monoisotopic (exact) mass is 268 g/mol. The molecule has 0 amide bonds. The van der Waals surface area contributed by atoms with Gasteiger partial charge in [-0.3, -0.25) is 4.79 Å². The number of esters is 1. The minimum Gasteiger partial charge on any atom is -0.463 e. The van der Waals surface area contributed by atoms with Gasteiger partial charge in [0, 0.05) is 13.3 Å². The Hall–Kier alpha value is -0.570. The molecule has 0 radical (unpaired) electrons. The van der Waals surface area contributed by atoms with E-state index in [1.54, 1.807) is 0 Å². The fourth-order valence-corrected chi connectivity index (χ4v) is 4.10. The van der Waals surface area contributed by atoms with Crippen LogP contribution in [0.1, 0.15) is 60.3 Å². The summed E-state index contributed by atoms with van der Waals surface area (Å²) in [4.78, 5) is 10.9. The molecular formula is C16H28O3. The van der Waals surface area contributed by atoms with Gasteiger partial charge in [-0.25, -0.2) is 0 Å². The van der Waals surface area contributed by atoms with Gasteiger partial charge < -0.3 is 9.47 Å². The van der Waals surface area contributed by atoms with Gasteiger partial charge in [0.15, 0.2) is 0 Å². The lowest BCUT2D eigenvalue weighted by Gasteiger charge is -2.39. The molecule has 0 aromatic rings. The van der Waals surface area contributed by atoms with Crippen molar-refractivity contribution in [1.82, 2.24) is 0 Å². The molecule has 4 unspecified atom stereocenters. The molecule has 19 heavy (non-hydrogen) atoms. The highest BCUT2D eigenvalue weighted by Crippen LogP contribution is 2.66. The smallest absolute Gasteiger partial charge is 0.302 e. The lowest BCUT2D eigenvalue weighted by atomic mass is 9.70. The quantitative estimate of drug-likeness (QED) is 0.715. The molecule has 0 saturated heterocycles. The molecule has 2 aliphatic rings. The highest BCUT2D eigenvalue weighted by molar-refractivity contribution is 5.66. The number of hydrogen-bond acceptors (Lipinski definition) is 3. The van der Waals surface area contributed by atoms with E-state index >= 15 is 0 Å². The van der Waals surface area contributed by atoms with Crippen molar-refractivity contribution in [2.75, 3.05) is 6.61 Å². The summed E-state index contributed by atoms with van der Waals surface area (Å²) >= 11 is 0. The zero-order valence-corrected chi connectivity index (χ0v) is 13.0. The molecule has 0 spiro atoms. The summed E-state index contributed by atoms with van der Waals surface area (Å²) in [6, 6.07) is 0. The van der Waals surface area contributed by atoms with Crippen molar-refractivity contribution in [1.29, 1.82) is 0 Å². The van der Waals surface area contributed by atoms with Crippen LogP contribution >= 0.6 is 0 Å². The lowest BCUT2D eigenvalue weighted by Crippen LogP contribution is -2.37. The third-order valence-corrected chi connectivity index (χ3v) is 5.92. The molecule has 0 aliphatic heterocycles. The highest BCUT2D eigenvalue weighted by atomic mass is 16.5. The van der Waals surface area contributed by atoms with Gasteiger partial charge in [0.2, 0.25) is 0 Å². The summed E-state index contributed by atoms with van der Waals surface area (Å²) in [5.41, 5.74) is 0.724. The van der Waals surface area contributed by atoms with E-state index in [4.69, 9.17) is 9.47 Å². The minimum absolute atomic E-state index is 0.0445. The Morgan fingerprint density at radius 1 is 1.37 bits per heavy atom. The fraction of sp³-hybridized carbons (Fsp3) is 0.938. The first-order valence-corrected chi connectivity index (χ1v) is 7.56. The van der Waals surface area contributed by atoms with Crippen molar-refractivity contribution in [3.63, 3.8) is 0 Å². The Balaban J connectivity index is 1.81. The predicted octanol–water partition coefficient (Wildman–Crippen LogP) is 3.56. The Morgan fingerprint density at radius 2 is 2.05 bits per heavy atom. The predicted molar refractivity (Wildman–Crippen MR) is 74.8 cm³/mol. The summed E-state index contributed by atoms with van der Waals surface area (Å²) in [5, 5.41) is 0. The first-order chi connectivity index (χ1) is 8.77. The Morgan fingerprint density at radius 3 is 2.53 bits per heavy atom. The molecular weight excluding hydrogens is 240 g/mol. The van der Waals surface area contributed by atoms with Crippen molar-refractivity contribution >= 4 is 5.97 Å². The number of hydrogen-bond donors (Lipinski definition) is 0. The SMILES string of the molecule is CC(=O)OC(C)CCOC1CC2CCC1(C)C2(C)C. The van der Waals surface area contributed by atoms with E-state index < -0.39 is 0 Å². The third kappa shape index (κ3) is 2.54. The Labute approximate surface area is 117 Å². The number of fused-ring (bicyclic) bond motifs is 2. The zero-order valence-electron chi connectivity index (χ0n) is 13.0. The van der Waals surface area contributed by atoms with Crippen LogP contribution in [0.15, 0.2) is 0 Å². The van der Waals surface area contributed by atoms with Gasteiger partial charge in [-0.05, 0) is 42.9 Å². The van der Waals surface area contributed by atoms with Gasteiger partial charge in [0.1, 0.15) is 6.10 Å². The van der Waals surface area contributed by atoms with Gasteiger partial charge in [0.05, 0.1) is 12.7 Å². The van der Waals surface area contributed by atoms with E-state index in [-0.39, 0.29) is 12.1 Å². The zero-order chi connectivity index (χ0) is 14.3. The Kier molecular flexibility index (Phi) is 3.97. The maximum absolute atomic E-state index is 10.9. The molecule has 0 N–H and O–H groups in total. The van der Waals surface area contributed by atoms with Crippen LogP contribution in [0.25, 0.3) is 0 Å². The second-order valence-corrected chi connectivity index (χ2v) is 7.18. The minimum atomic E-state index is -0.208. The molecule has 0 aromatic carbocycles. The first-order valence-electron chi connectivity index (χ1n) is 7.56. The van der Waals surface area contributed by atoms with Crippen LogP contribution in [0.2, 0.25) is 0 Å². The van der Waals surface area contributed by atoms with Crippen molar-refractivity contribution in [3.8, 4) is 0 Å².